The fourth-order valence-corrected chi connectivity index (χ4v) is 8.44. The van der Waals surface area contributed by atoms with Gasteiger partial charge in [0.15, 0.2) is 0 Å². The summed E-state index contributed by atoms with van der Waals surface area (Å²) in [6.07, 6.45) is 12.9. The minimum Gasteiger partial charge on any atom is -0.481 e. The van der Waals surface area contributed by atoms with Gasteiger partial charge in [-0.15, -0.1) is 0 Å². The summed E-state index contributed by atoms with van der Waals surface area (Å²) in [7, 11) is 0. The Morgan fingerprint density at radius 3 is 2.41 bits per heavy atom. The minimum atomic E-state index is -0.825. The smallest absolute Gasteiger partial charge is 0.330 e. The first-order chi connectivity index (χ1) is 15.8. The van der Waals surface area contributed by atoms with E-state index in [9.17, 15) is 14.7 Å². The molecule has 0 radical (unpaired) electrons. The van der Waals surface area contributed by atoms with Gasteiger partial charge in [0.05, 0.1) is 0 Å². The van der Waals surface area contributed by atoms with Crippen LogP contribution in [0.3, 0.4) is 0 Å². The van der Waals surface area contributed by atoms with Crippen molar-refractivity contribution in [3.63, 3.8) is 0 Å². The highest BCUT2D eigenvalue weighted by atomic mass is 16.4. The molecule has 0 unspecified atom stereocenters. The van der Waals surface area contributed by atoms with E-state index < -0.39 is 11.9 Å². The van der Waals surface area contributed by atoms with Crippen LogP contribution in [0.5, 0.6) is 0 Å². The summed E-state index contributed by atoms with van der Waals surface area (Å²) in [6.45, 7) is 17.8. The zero-order valence-corrected chi connectivity index (χ0v) is 22.2. The van der Waals surface area contributed by atoms with Crippen LogP contribution in [0, 0.1) is 39.9 Å². The fraction of sp³-hybridized carbons (Fsp3) is 0.733. The summed E-state index contributed by atoms with van der Waals surface area (Å²) >= 11 is 0. The predicted molar refractivity (Wildman–Crippen MR) is 137 cm³/mol. The molecule has 4 nitrogen and oxygen atoms in total. The average molecular weight is 471 g/mol. The standard InChI is InChI=1S/C30H46O4/c1-19(2)22-11-12-25-24(28(22,5)16-15-26(31)32)14-18-29(6)23(13-17-30(25,29)7)20(3)9-8-10-21(4)27(33)34/h10,14,20,22-23,25H,1,8-9,11-13,15-18H2,2-7H3,(H,31,32)(H,33,34)/t20-,22+,23-,25-,28+,29-,30+/m1/s1. The van der Waals surface area contributed by atoms with Gasteiger partial charge in [0, 0.05) is 12.0 Å². The number of hydrogen-bond donors (Lipinski definition) is 2. The van der Waals surface area contributed by atoms with Gasteiger partial charge in [-0.05, 0) is 105 Å². The largest absolute Gasteiger partial charge is 0.481 e. The lowest BCUT2D eigenvalue weighted by Gasteiger charge is -2.60. The van der Waals surface area contributed by atoms with Crippen molar-refractivity contribution in [2.75, 3.05) is 0 Å². The fourth-order valence-electron chi connectivity index (χ4n) is 8.44. The third kappa shape index (κ3) is 4.42. The van der Waals surface area contributed by atoms with Crippen LogP contribution in [0.2, 0.25) is 0 Å². The maximum atomic E-state index is 11.5. The Morgan fingerprint density at radius 1 is 1.15 bits per heavy atom. The lowest BCUT2D eigenvalue weighted by atomic mass is 9.44. The van der Waals surface area contributed by atoms with Crippen molar-refractivity contribution < 1.29 is 19.8 Å². The van der Waals surface area contributed by atoms with Gasteiger partial charge < -0.3 is 10.2 Å². The van der Waals surface area contributed by atoms with Gasteiger partial charge in [-0.1, -0.05) is 57.6 Å². The molecule has 3 aliphatic carbocycles. The van der Waals surface area contributed by atoms with Gasteiger partial charge >= 0.3 is 11.9 Å². The Hall–Kier alpha value is -1.84. The lowest BCUT2D eigenvalue weighted by molar-refractivity contribution is -0.138. The normalized spacial score (nSPS) is 38.5. The Bertz CT molecular complexity index is 897. The third-order valence-corrected chi connectivity index (χ3v) is 10.7. The lowest BCUT2D eigenvalue weighted by Crippen LogP contribution is -2.52. The van der Waals surface area contributed by atoms with E-state index >= 15 is 0 Å². The number of aliphatic carboxylic acids is 2. The molecule has 0 aromatic carbocycles. The molecular formula is C30H46O4. The van der Waals surface area contributed by atoms with E-state index in [1.165, 1.54) is 30.4 Å². The second-order valence-electron chi connectivity index (χ2n) is 12.4. The van der Waals surface area contributed by atoms with Gasteiger partial charge in [-0.2, -0.15) is 0 Å². The van der Waals surface area contributed by atoms with E-state index in [0.717, 1.165) is 25.7 Å². The first-order valence-corrected chi connectivity index (χ1v) is 13.3. The van der Waals surface area contributed by atoms with Gasteiger partial charge in [-0.3, -0.25) is 4.79 Å². The Balaban J connectivity index is 1.89. The Kier molecular flexibility index (Phi) is 7.60. The summed E-state index contributed by atoms with van der Waals surface area (Å²) in [4.78, 5) is 22.7. The molecule has 190 valence electrons. The van der Waals surface area contributed by atoms with E-state index in [-0.39, 0.29) is 22.7 Å². The molecule has 3 rings (SSSR count). The molecule has 0 spiro atoms. The first kappa shape index (κ1) is 26.8. The van der Waals surface area contributed by atoms with E-state index in [1.54, 1.807) is 6.92 Å². The highest BCUT2D eigenvalue weighted by Crippen LogP contribution is 2.71. The van der Waals surface area contributed by atoms with Crippen molar-refractivity contribution in [3.8, 4) is 0 Å². The molecule has 0 saturated heterocycles. The van der Waals surface area contributed by atoms with E-state index in [4.69, 9.17) is 5.11 Å². The third-order valence-electron chi connectivity index (χ3n) is 10.7. The molecule has 2 N–H and O–H groups in total. The maximum absolute atomic E-state index is 11.5. The summed E-state index contributed by atoms with van der Waals surface area (Å²) < 4.78 is 0. The molecule has 0 aliphatic heterocycles. The zero-order chi connectivity index (χ0) is 25.5. The second-order valence-corrected chi connectivity index (χ2v) is 12.4. The first-order valence-electron chi connectivity index (χ1n) is 13.3. The zero-order valence-electron chi connectivity index (χ0n) is 22.2. The Morgan fingerprint density at radius 2 is 1.82 bits per heavy atom. The molecule has 3 aliphatic rings. The van der Waals surface area contributed by atoms with Crippen molar-refractivity contribution in [2.45, 2.75) is 99.3 Å². The number of allylic oxidation sites excluding steroid dienone is 4. The van der Waals surface area contributed by atoms with Gasteiger partial charge in [0.1, 0.15) is 0 Å². The van der Waals surface area contributed by atoms with Gasteiger partial charge in [0.25, 0.3) is 0 Å². The molecule has 0 aromatic rings. The second kappa shape index (κ2) is 9.66. The van der Waals surface area contributed by atoms with Crippen LogP contribution < -0.4 is 0 Å². The number of hydrogen-bond acceptors (Lipinski definition) is 2. The number of carbonyl (C=O) groups is 2. The van der Waals surface area contributed by atoms with Crippen molar-refractivity contribution in [1.82, 2.24) is 0 Å². The Labute approximate surface area is 206 Å². The highest BCUT2D eigenvalue weighted by molar-refractivity contribution is 5.85. The summed E-state index contributed by atoms with van der Waals surface area (Å²) in [5.74, 6) is 0.491. The molecule has 0 amide bonds. The summed E-state index contributed by atoms with van der Waals surface area (Å²) in [5, 5.41) is 18.6. The van der Waals surface area contributed by atoms with Gasteiger partial charge in [-0.25, -0.2) is 4.79 Å². The van der Waals surface area contributed by atoms with Crippen molar-refractivity contribution >= 4 is 11.9 Å². The topological polar surface area (TPSA) is 74.6 Å². The minimum absolute atomic E-state index is 0.125. The molecule has 4 heteroatoms. The molecular weight excluding hydrogens is 424 g/mol. The van der Waals surface area contributed by atoms with E-state index in [0.29, 0.717) is 35.7 Å². The van der Waals surface area contributed by atoms with Crippen LogP contribution in [-0.4, -0.2) is 22.2 Å². The van der Waals surface area contributed by atoms with Crippen LogP contribution >= 0.6 is 0 Å². The van der Waals surface area contributed by atoms with Gasteiger partial charge in [0.2, 0.25) is 0 Å². The number of carboxylic acid groups (broad SMARTS) is 2. The molecule has 2 fully saturated rings. The van der Waals surface area contributed by atoms with Crippen LogP contribution in [0.1, 0.15) is 99.3 Å². The van der Waals surface area contributed by atoms with E-state index in [2.05, 4.69) is 47.3 Å². The molecule has 34 heavy (non-hydrogen) atoms. The molecule has 0 aromatic heterocycles. The molecule has 7 atom stereocenters. The number of carboxylic acids is 2. The SMILES string of the molecule is C=C(C)[C@@H]1CC[C@@H]2C(=CC[C@]3(C)[C@@H]([C@H](C)CCC=C(C)C(=O)O)CC[C@@]23C)[C@@]1(C)CCC(=O)O. The van der Waals surface area contributed by atoms with Crippen LogP contribution in [0.15, 0.2) is 35.5 Å². The van der Waals surface area contributed by atoms with Crippen LogP contribution in [0.4, 0.5) is 0 Å². The molecule has 2 saturated carbocycles. The molecule has 0 heterocycles. The van der Waals surface area contributed by atoms with Crippen LogP contribution in [-0.2, 0) is 9.59 Å². The quantitative estimate of drug-likeness (QED) is 0.268. The number of rotatable bonds is 9. The summed E-state index contributed by atoms with van der Waals surface area (Å²) in [6, 6.07) is 0. The predicted octanol–water partition coefficient (Wildman–Crippen LogP) is 7.66. The maximum Gasteiger partial charge on any atom is 0.330 e. The van der Waals surface area contributed by atoms with Crippen LogP contribution in [0.25, 0.3) is 0 Å². The number of fused-ring (bicyclic) bond motifs is 3. The average Bonchev–Trinajstić information content (AvgIpc) is 3.03. The van der Waals surface area contributed by atoms with Crippen molar-refractivity contribution in [1.29, 1.82) is 0 Å². The molecule has 0 bridgehead atoms. The van der Waals surface area contributed by atoms with Crippen molar-refractivity contribution in [3.05, 3.63) is 35.5 Å². The van der Waals surface area contributed by atoms with Crippen molar-refractivity contribution in [2.24, 2.45) is 39.9 Å². The highest BCUT2D eigenvalue weighted by Gasteiger charge is 2.63. The van der Waals surface area contributed by atoms with E-state index in [1.807, 2.05) is 6.08 Å². The summed E-state index contributed by atoms with van der Waals surface area (Å²) in [5.41, 5.74) is 3.45. The monoisotopic (exact) mass is 470 g/mol.